The number of amides is 1. The second-order valence-corrected chi connectivity index (χ2v) is 5.82. The van der Waals surface area contributed by atoms with Crippen LogP contribution >= 0.6 is 31.9 Å². The summed E-state index contributed by atoms with van der Waals surface area (Å²) in [6.07, 6.45) is 0. The first kappa shape index (κ1) is 14.1. The van der Waals surface area contributed by atoms with Gasteiger partial charge in [-0.2, -0.15) is 0 Å². The van der Waals surface area contributed by atoms with E-state index in [9.17, 15) is 4.79 Å². The summed E-state index contributed by atoms with van der Waals surface area (Å²) in [5.41, 5.74) is 7.96. The molecule has 0 bridgehead atoms. The van der Waals surface area contributed by atoms with Crippen LogP contribution in [0.15, 0.2) is 51.4 Å². The number of halogens is 2. The molecule has 3 N–H and O–H groups in total. The summed E-state index contributed by atoms with van der Waals surface area (Å²) in [5.74, 6) is -0.123. The van der Waals surface area contributed by atoms with Crippen molar-refractivity contribution in [2.75, 3.05) is 5.73 Å². The molecule has 3 nitrogen and oxygen atoms in total. The van der Waals surface area contributed by atoms with Crippen LogP contribution in [-0.4, -0.2) is 5.91 Å². The van der Waals surface area contributed by atoms with E-state index < -0.39 is 0 Å². The predicted octanol–water partition coefficient (Wildman–Crippen LogP) is 3.72. The van der Waals surface area contributed by atoms with Gasteiger partial charge in [-0.05, 0) is 51.8 Å². The summed E-state index contributed by atoms with van der Waals surface area (Å²) >= 11 is 6.73. The summed E-state index contributed by atoms with van der Waals surface area (Å²) in [6.45, 7) is 0.451. The van der Waals surface area contributed by atoms with Crippen molar-refractivity contribution in [1.82, 2.24) is 5.32 Å². The molecule has 0 aliphatic carbocycles. The molecule has 0 heterocycles. The lowest BCUT2D eigenvalue weighted by molar-refractivity contribution is 0.0950. The number of nitrogen functional groups attached to an aromatic ring is 1. The van der Waals surface area contributed by atoms with Crippen LogP contribution in [0.2, 0.25) is 0 Å². The summed E-state index contributed by atoms with van der Waals surface area (Å²) < 4.78 is 1.68. The molecule has 0 aliphatic heterocycles. The third-order valence-corrected chi connectivity index (χ3v) is 3.73. The fraction of sp³-hybridized carbons (Fsp3) is 0.0714. The lowest BCUT2D eigenvalue weighted by Crippen LogP contribution is -2.23. The van der Waals surface area contributed by atoms with E-state index in [1.807, 2.05) is 36.4 Å². The Labute approximate surface area is 128 Å². The van der Waals surface area contributed by atoms with Crippen molar-refractivity contribution in [1.29, 1.82) is 0 Å². The molecule has 0 fully saturated rings. The first-order valence-corrected chi connectivity index (χ1v) is 7.22. The number of anilines is 1. The van der Waals surface area contributed by atoms with Crippen LogP contribution in [0, 0.1) is 0 Å². The molecule has 1 amide bonds. The van der Waals surface area contributed by atoms with Gasteiger partial charge in [0.1, 0.15) is 0 Å². The summed E-state index contributed by atoms with van der Waals surface area (Å²) in [4.78, 5) is 12.0. The molecule has 19 heavy (non-hydrogen) atoms. The number of hydrogen-bond acceptors (Lipinski definition) is 2. The van der Waals surface area contributed by atoms with Crippen molar-refractivity contribution in [3.63, 3.8) is 0 Å². The molecule has 2 rings (SSSR count). The van der Waals surface area contributed by atoms with Crippen molar-refractivity contribution >= 4 is 43.5 Å². The zero-order valence-corrected chi connectivity index (χ0v) is 13.2. The Kier molecular flexibility index (Phi) is 4.61. The minimum absolute atomic E-state index is 0.123. The first-order chi connectivity index (χ1) is 9.06. The molecule has 0 saturated carbocycles. The molecule has 0 unspecified atom stereocenters. The highest BCUT2D eigenvalue weighted by Crippen LogP contribution is 2.21. The molecule has 0 spiro atoms. The molecule has 0 aromatic heterocycles. The van der Waals surface area contributed by atoms with Gasteiger partial charge in [0.15, 0.2) is 0 Å². The number of hydrogen-bond donors (Lipinski definition) is 2. The highest BCUT2D eigenvalue weighted by atomic mass is 79.9. The number of rotatable bonds is 3. The summed E-state index contributed by atoms with van der Waals surface area (Å²) in [7, 11) is 0. The van der Waals surface area contributed by atoms with Gasteiger partial charge in [-0.15, -0.1) is 0 Å². The van der Waals surface area contributed by atoms with Gasteiger partial charge in [0.05, 0.1) is 5.56 Å². The molecule has 0 aliphatic rings. The minimum Gasteiger partial charge on any atom is -0.399 e. The highest BCUT2D eigenvalue weighted by Gasteiger charge is 2.09. The van der Waals surface area contributed by atoms with Crippen LogP contribution in [0.1, 0.15) is 15.9 Å². The molecule has 0 saturated heterocycles. The molecular formula is C14H12Br2N2O. The van der Waals surface area contributed by atoms with Crippen molar-refractivity contribution in [3.8, 4) is 0 Å². The van der Waals surface area contributed by atoms with E-state index in [0.29, 0.717) is 17.8 Å². The van der Waals surface area contributed by atoms with Crippen molar-refractivity contribution < 1.29 is 4.79 Å². The maximum absolute atomic E-state index is 12.0. The van der Waals surface area contributed by atoms with Gasteiger partial charge in [0.25, 0.3) is 5.91 Å². The van der Waals surface area contributed by atoms with Gasteiger partial charge < -0.3 is 11.1 Å². The number of carbonyl (C=O) groups excluding carboxylic acids is 1. The molecule has 2 aromatic rings. The van der Waals surface area contributed by atoms with E-state index in [0.717, 1.165) is 14.5 Å². The second-order valence-electron chi connectivity index (χ2n) is 4.05. The van der Waals surface area contributed by atoms with Gasteiger partial charge in [-0.3, -0.25) is 4.79 Å². The number of carbonyl (C=O) groups is 1. The Balaban J connectivity index is 2.05. The van der Waals surface area contributed by atoms with Crippen molar-refractivity contribution in [3.05, 3.63) is 62.5 Å². The monoisotopic (exact) mass is 382 g/mol. The lowest BCUT2D eigenvalue weighted by Gasteiger charge is -2.08. The van der Waals surface area contributed by atoms with Crippen LogP contribution in [0.3, 0.4) is 0 Å². The Morgan fingerprint density at radius 2 is 1.95 bits per heavy atom. The molecule has 0 atom stereocenters. The van der Waals surface area contributed by atoms with Crippen LogP contribution in [0.25, 0.3) is 0 Å². The van der Waals surface area contributed by atoms with Gasteiger partial charge in [-0.25, -0.2) is 0 Å². The molecule has 5 heteroatoms. The van der Waals surface area contributed by atoms with Crippen LogP contribution in [0.4, 0.5) is 5.69 Å². The average molecular weight is 384 g/mol. The zero-order valence-electron chi connectivity index (χ0n) is 9.99. The normalized spacial score (nSPS) is 10.2. The Morgan fingerprint density at radius 1 is 1.16 bits per heavy atom. The van der Waals surface area contributed by atoms with Gasteiger partial charge in [0.2, 0.25) is 0 Å². The quantitative estimate of drug-likeness (QED) is 0.793. The molecular weight excluding hydrogens is 372 g/mol. The second kappa shape index (κ2) is 6.21. The summed E-state index contributed by atoms with van der Waals surface area (Å²) in [5, 5.41) is 2.86. The van der Waals surface area contributed by atoms with Gasteiger partial charge >= 0.3 is 0 Å². The smallest absolute Gasteiger partial charge is 0.252 e. The summed E-state index contributed by atoms with van der Waals surface area (Å²) in [6, 6.07) is 12.9. The first-order valence-electron chi connectivity index (χ1n) is 5.64. The number of benzene rings is 2. The van der Waals surface area contributed by atoms with Gasteiger partial charge in [-0.1, -0.05) is 28.1 Å². The predicted molar refractivity (Wildman–Crippen MR) is 83.9 cm³/mol. The third-order valence-electron chi connectivity index (χ3n) is 2.58. The zero-order chi connectivity index (χ0) is 13.8. The molecule has 0 radical (unpaired) electrons. The van der Waals surface area contributed by atoms with Crippen LogP contribution in [0.5, 0.6) is 0 Å². The largest absolute Gasteiger partial charge is 0.399 e. The van der Waals surface area contributed by atoms with E-state index in [2.05, 4.69) is 37.2 Å². The molecule has 98 valence electrons. The fourth-order valence-electron chi connectivity index (χ4n) is 1.65. The third kappa shape index (κ3) is 3.81. The van der Waals surface area contributed by atoms with E-state index in [1.54, 1.807) is 6.07 Å². The lowest BCUT2D eigenvalue weighted by atomic mass is 10.2. The number of nitrogens with one attached hydrogen (secondary N) is 1. The van der Waals surface area contributed by atoms with Crippen LogP contribution < -0.4 is 11.1 Å². The standard InChI is InChI=1S/C14H12Br2N2O/c15-10-4-5-12(13(16)7-10)14(19)18-8-9-2-1-3-11(17)6-9/h1-7H,8,17H2,(H,18,19). The maximum Gasteiger partial charge on any atom is 0.252 e. The van der Waals surface area contributed by atoms with E-state index in [1.165, 1.54) is 0 Å². The van der Waals surface area contributed by atoms with E-state index in [-0.39, 0.29) is 5.91 Å². The Morgan fingerprint density at radius 3 is 2.63 bits per heavy atom. The SMILES string of the molecule is Nc1cccc(CNC(=O)c2ccc(Br)cc2Br)c1. The number of nitrogens with two attached hydrogens (primary N) is 1. The van der Waals surface area contributed by atoms with E-state index >= 15 is 0 Å². The maximum atomic E-state index is 12.0. The fourth-order valence-corrected chi connectivity index (χ4v) is 2.88. The van der Waals surface area contributed by atoms with Crippen molar-refractivity contribution in [2.24, 2.45) is 0 Å². The van der Waals surface area contributed by atoms with E-state index in [4.69, 9.17) is 5.73 Å². The van der Waals surface area contributed by atoms with Crippen molar-refractivity contribution in [2.45, 2.75) is 6.54 Å². The Bertz CT molecular complexity index is 614. The van der Waals surface area contributed by atoms with Gasteiger partial charge in [0, 0.05) is 21.2 Å². The average Bonchev–Trinajstić information content (AvgIpc) is 2.36. The topological polar surface area (TPSA) is 55.1 Å². The minimum atomic E-state index is -0.123. The highest BCUT2D eigenvalue weighted by molar-refractivity contribution is 9.11. The van der Waals surface area contributed by atoms with Crippen LogP contribution in [-0.2, 0) is 6.54 Å². The Hall–Kier alpha value is -1.33. The molecule has 2 aromatic carbocycles.